The fraction of sp³-hybridized carbons (Fsp3) is 0.545. The van der Waals surface area contributed by atoms with E-state index < -0.39 is 27.1 Å². The van der Waals surface area contributed by atoms with Crippen molar-refractivity contribution in [1.82, 2.24) is 3.26 Å². The van der Waals surface area contributed by atoms with E-state index in [1.807, 2.05) is 0 Å². The summed E-state index contributed by atoms with van der Waals surface area (Å²) in [5, 5.41) is 0. The van der Waals surface area contributed by atoms with Crippen LogP contribution < -0.4 is 28.1 Å². The summed E-state index contributed by atoms with van der Waals surface area (Å²) in [6.07, 6.45) is 9.35. The van der Waals surface area contributed by atoms with Crippen LogP contribution in [0.4, 0.5) is 0 Å². The fourth-order valence-electron chi connectivity index (χ4n) is 1.68. The minimum Gasteiger partial charge on any atom is -1.00 e. The average molecular weight is 373 g/mol. The van der Waals surface area contributed by atoms with Gasteiger partial charge in [0.05, 0.1) is 0 Å². The number of nitrogens with one attached hydrogen (secondary N) is 1. The molecule has 0 aliphatic heterocycles. The summed E-state index contributed by atoms with van der Waals surface area (Å²) in [5.41, 5.74) is 0. The first kappa shape index (κ1) is 20.0. The Hall–Kier alpha value is 0.630. The molecule has 1 aliphatic rings. The molecule has 0 spiro atoms. The van der Waals surface area contributed by atoms with Crippen LogP contribution in [-0.4, -0.2) is 11.8 Å². The van der Waals surface area contributed by atoms with E-state index in [1.54, 1.807) is 3.28 Å². The van der Waals surface area contributed by atoms with Crippen LogP contribution >= 0.6 is 0 Å². The van der Waals surface area contributed by atoms with E-state index in [0.29, 0.717) is 12.3 Å². The molecule has 0 unspecified atom stereocenters. The summed E-state index contributed by atoms with van der Waals surface area (Å²) in [4.78, 5) is 11.6. The van der Waals surface area contributed by atoms with Crippen LogP contribution in [0.2, 0.25) is 13.1 Å². The van der Waals surface area contributed by atoms with Gasteiger partial charge in [-0.3, -0.25) is 0 Å². The minimum absolute atomic E-state index is 0. The smallest absolute Gasteiger partial charge is 1.00 e. The second-order valence-electron chi connectivity index (χ2n) is 4.19. The second kappa shape index (κ2) is 10.5. The summed E-state index contributed by atoms with van der Waals surface area (Å²) < 4.78 is 4.96. The van der Waals surface area contributed by atoms with Gasteiger partial charge in [0.2, 0.25) is 0 Å². The Morgan fingerprint density at radius 3 is 2.53 bits per heavy atom. The first-order valence-corrected chi connectivity index (χ1v) is 15.3. The zero-order chi connectivity index (χ0) is 11.3. The zero-order valence-electron chi connectivity index (χ0n) is 10.6. The number of carbonyl (C=O) groups is 1. The Morgan fingerprint density at radius 1 is 1.47 bits per heavy atom. The molecule has 1 rings (SSSR count). The molecule has 0 aromatic heterocycles. The summed E-state index contributed by atoms with van der Waals surface area (Å²) in [5.74, 6) is -0.371. The van der Waals surface area contributed by atoms with E-state index in [0.717, 1.165) is 12.8 Å². The molecular weight excluding hydrogens is 352 g/mol. The first-order valence-electron chi connectivity index (χ1n) is 5.68. The summed E-state index contributed by atoms with van der Waals surface area (Å²) >= 11 is -1.72. The number of halogens is 2. The van der Waals surface area contributed by atoms with Crippen LogP contribution in [0.15, 0.2) is 21.5 Å². The van der Waals surface area contributed by atoms with Gasteiger partial charge in [0.1, 0.15) is 0 Å². The molecule has 0 bridgehead atoms. The third kappa shape index (κ3) is 6.95. The van der Waals surface area contributed by atoms with Crippen LogP contribution in [0, 0.1) is 0 Å². The molecule has 0 radical (unpaired) electrons. The van der Waals surface area contributed by atoms with Crippen molar-refractivity contribution in [3.05, 3.63) is 21.5 Å². The molecule has 1 amide bonds. The molecule has 1 N–H and O–H groups in total. The fourth-order valence-corrected chi connectivity index (χ4v) is 15.5. The maximum absolute atomic E-state index is 11.6. The Labute approximate surface area is 126 Å². The Morgan fingerprint density at radius 2 is 2.12 bits per heavy atom. The second-order valence-corrected chi connectivity index (χ2v) is 22.7. The van der Waals surface area contributed by atoms with Gasteiger partial charge in [-0.1, -0.05) is 0 Å². The molecule has 1 aliphatic carbocycles. The molecular formula is C11H20Cl2NOSiZr. The average Bonchev–Trinajstić information content (AvgIpc) is 2.66. The molecule has 0 aromatic rings. The monoisotopic (exact) mass is 370 g/mol. The van der Waals surface area contributed by atoms with Gasteiger partial charge in [0.15, 0.2) is 0 Å². The van der Waals surface area contributed by atoms with E-state index in [2.05, 4.69) is 41.5 Å². The van der Waals surface area contributed by atoms with Crippen LogP contribution in [0.25, 0.3) is 0 Å². The maximum Gasteiger partial charge on any atom is -1.00 e. The van der Waals surface area contributed by atoms with E-state index in [9.17, 15) is 4.79 Å². The maximum atomic E-state index is 11.6. The molecule has 0 heterocycles. The molecule has 97 valence electrons. The number of carbonyl (C=O) groups excluding carboxylic acids is 1. The molecule has 0 saturated heterocycles. The molecule has 0 atom stereocenters. The van der Waals surface area contributed by atoms with Gasteiger partial charge in [-0.15, -0.1) is 0 Å². The van der Waals surface area contributed by atoms with E-state index in [-0.39, 0.29) is 24.8 Å². The van der Waals surface area contributed by atoms with Crippen LogP contribution in [0.5, 0.6) is 0 Å². The molecule has 0 fully saturated rings. The molecule has 2 nitrogen and oxygen atoms in total. The van der Waals surface area contributed by atoms with Crippen molar-refractivity contribution in [3.8, 4) is 0 Å². The zero-order valence-corrected chi connectivity index (χ0v) is 15.7. The largest absolute Gasteiger partial charge is 1.00 e. The van der Waals surface area contributed by atoms with Crippen molar-refractivity contribution >= 4 is 11.8 Å². The van der Waals surface area contributed by atoms with Gasteiger partial charge in [-0.05, 0) is 0 Å². The molecule has 0 saturated carbocycles. The van der Waals surface area contributed by atoms with Crippen molar-refractivity contribution < 1.29 is 50.8 Å². The van der Waals surface area contributed by atoms with Gasteiger partial charge in [0.25, 0.3) is 0 Å². The summed E-state index contributed by atoms with van der Waals surface area (Å²) in [7, 11) is 0. The quantitative estimate of drug-likeness (QED) is 0.494. The first-order chi connectivity index (χ1) is 7.15. The number of hydrogen-bond donors (Lipinski definition) is 1. The number of allylic oxidation sites excluding steroid dienone is 4. The van der Waals surface area contributed by atoms with E-state index in [1.165, 1.54) is 0 Å². The summed E-state index contributed by atoms with van der Waals surface area (Å²) in [6.45, 7) is 6.81. The third-order valence-corrected chi connectivity index (χ3v) is 19.1. The molecule has 0 aromatic carbocycles. The van der Waals surface area contributed by atoms with Crippen molar-refractivity contribution in [2.75, 3.05) is 0 Å². The van der Waals surface area contributed by atoms with Crippen molar-refractivity contribution in [2.24, 2.45) is 0 Å². The van der Waals surface area contributed by atoms with E-state index in [4.69, 9.17) is 0 Å². The number of amides is 1. The van der Waals surface area contributed by atoms with Crippen LogP contribution in [0.3, 0.4) is 0 Å². The van der Waals surface area contributed by atoms with Gasteiger partial charge >= 0.3 is 102 Å². The van der Waals surface area contributed by atoms with Gasteiger partial charge in [0, 0.05) is 0 Å². The van der Waals surface area contributed by atoms with Crippen molar-refractivity contribution in [1.29, 1.82) is 0 Å². The summed E-state index contributed by atoms with van der Waals surface area (Å²) in [6, 6.07) is 0. The van der Waals surface area contributed by atoms with Gasteiger partial charge < -0.3 is 24.8 Å². The van der Waals surface area contributed by atoms with Crippen LogP contribution in [-0.2, 0) is 26.0 Å². The predicted octanol–water partition coefficient (Wildman–Crippen LogP) is -3.73. The predicted molar refractivity (Wildman–Crippen MR) is 63.8 cm³/mol. The van der Waals surface area contributed by atoms with Crippen molar-refractivity contribution in [3.63, 3.8) is 0 Å². The van der Waals surface area contributed by atoms with Crippen molar-refractivity contribution in [2.45, 2.75) is 39.3 Å². The number of rotatable bonds is 5. The van der Waals surface area contributed by atoms with Gasteiger partial charge in [-0.25, -0.2) is 0 Å². The standard InChI is InChI=1S/C5H5.C4H9NO.C2H7Si.2ClH.Zr/c1-2-4-5-3-1;1-2-3-4(5)6;1-3-2;;;/h1-3H,4H2;2-3H2,1H3,(H2,5,6);3H,1-2H3;2*1H;/q;;;;;+3/p-3. The topological polar surface area (TPSA) is 29.1 Å². The van der Waals surface area contributed by atoms with Crippen LogP contribution in [0.1, 0.15) is 26.2 Å². The Kier molecular flexibility index (Phi) is 12.4. The third-order valence-electron chi connectivity index (χ3n) is 2.45. The Balaban J connectivity index is 0. The normalized spacial score (nSPS) is 12.6. The molecule has 17 heavy (non-hydrogen) atoms. The number of hydrogen-bond acceptors (Lipinski definition) is 1. The SMILES string of the molecule is CCCC(=O)[NH][Zr+2]([C]1=CC=CC1)[SiH](C)C.[Cl-].[Cl-]. The van der Waals surface area contributed by atoms with E-state index >= 15 is 0 Å². The Bertz CT molecular complexity index is 295. The van der Waals surface area contributed by atoms with Gasteiger partial charge in [-0.2, -0.15) is 0 Å². The minimum atomic E-state index is -1.72. The molecule has 6 heteroatoms.